The van der Waals surface area contributed by atoms with E-state index in [2.05, 4.69) is 49.1 Å². The molecule has 0 aliphatic carbocycles. The lowest BCUT2D eigenvalue weighted by Gasteiger charge is -2.32. The van der Waals surface area contributed by atoms with Gasteiger partial charge in [0, 0.05) is 80.6 Å². The number of piperazine rings is 1. The average Bonchev–Trinajstić information content (AvgIpc) is 3.49. The van der Waals surface area contributed by atoms with Crippen molar-refractivity contribution in [3.63, 3.8) is 0 Å². The molecule has 12 heteroatoms. The van der Waals surface area contributed by atoms with Gasteiger partial charge in [-0.05, 0) is 50.1 Å². The number of ether oxygens (including phenoxy) is 2. The number of benzene rings is 2. The number of hydrogen-bond acceptors (Lipinski definition) is 9. The Balaban J connectivity index is 1.24. The van der Waals surface area contributed by atoms with Crippen molar-refractivity contribution >= 4 is 17.5 Å². The van der Waals surface area contributed by atoms with E-state index in [-0.39, 0.29) is 17.4 Å². The number of hydrogen-bond donors (Lipinski definition) is 2. The van der Waals surface area contributed by atoms with E-state index >= 15 is 4.39 Å². The largest absolute Gasteiger partial charge is 0.478 e. The Labute approximate surface area is 273 Å². The van der Waals surface area contributed by atoms with Gasteiger partial charge in [-0.2, -0.15) is 0 Å². The third-order valence-corrected chi connectivity index (χ3v) is 8.70. The highest BCUT2D eigenvalue weighted by atomic mass is 19.1. The summed E-state index contributed by atoms with van der Waals surface area (Å²) in [7, 11) is 3.66. The standard InChI is InChI=1S/C35H39FN8O3/c1-23-4-8-29(33(37)45)32(25-6-7-26(30(36)18-25)21-43-14-12-42(2)13-15-43)28(23)9-5-24-19-38-35(39-20-24)40-31-22-44(41-34(31)46-3)27-10-16-47-17-11-27/h4,6-8,18-20,22,27H,10-17,21H2,1-3H3,(H2,37,45)(H,38,39,40). The van der Waals surface area contributed by atoms with Crippen LogP contribution >= 0.6 is 0 Å². The van der Waals surface area contributed by atoms with Gasteiger partial charge in [-0.25, -0.2) is 14.4 Å². The summed E-state index contributed by atoms with van der Waals surface area (Å²) in [6.07, 6.45) is 6.88. The molecule has 6 rings (SSSR count). The summed E-state index contributed by atoms with van der Waals surface area (Å²) < 4.78 is 28.3. The molecule has 0 bridgehead atoms. The van der Waals surface area contributed by atoms with Gasteiger partial charge in [0.1, 0.15) is 11.5 Å². The quantitative estimate of drug-likeness (QED) is 0.274. The number of halogens is 1. The fraction of sp³-hybridized carbons (Fsp3) is 0.371. The van der Waals surface area contributed by atoms with Crippen LogP contribution in [0.3, 0.4) is 0 Å². The molecule has 4 heterocycles. The van der Waals surface area contributed by atoms with Crippen LogP contribution in [-0.2, 0) is 11.3 Å². The zero-order chi connectivity index (χ0) is 32.9. The summed E-state index contributed by atoms with van der Waals surface area (Å²) in [5.41, 5.74) is 10.3. The number of primary amides is 1. The van der Waals surface area contributed by atoms with Crippen molar-refractivity contribution in [1.29, 1.82) is 0 Å². The SMILES string of the molecule is COc1nn(C2CCOCC2)cc1Nc1ncc(C#Cc2c(C)ccc(C(N)=O)c2-c2ccc(CN3CCN(C)CC3)c(F)c2)cn1. The van der Waals surface area contributed by atoms with Gasteiger partial charge in [0.2, 0.25) is 11.9 Å². The topological polar surface area (TPSA) is 124 Å². The fourth-order valence-corrected chi connectivity index (χ4v) is 5.91. The first-order chi connectivity index (χ1) is 22.8. The van der Waals surface area contributed by atoms with E-state index in [9.17, 15) is 4.79 Å². The number of rotatable bonds is 8. The molecule has 0 unspecified atom stereocenters. The molecule has 2 saturated heterocycles. The fourth-order valence-electron chi connectivity index (χ4n) is 5.91. The summed E-state index contributed by atoms with van der Waals surface area (Å²) in [6, 6.07) is 8.79. The molecular weight excluding hydrogens is 599 g/mol. The molecule has 47 heavy (non-hydrogen) atoms. The third-order valence-electron chi connectivity index (χ3n) is 8.70. The Morgan fingerprint density at radius 3 is 2.53 bits per heavy atom. The highest BCUT2D eigenvalue weighted by molar-refractivity contribution is 6.01. The first-order valence-corrected chi connectivity index (χ1v) is 15.7. The lowest BCUT2D eigenvalue weighted by atomic mass is 9.90. The number of nitrogens with two attached hydrogens (primary N) is 1. The summed E-state index contributed by atoms with van der Waals surface area (Å²) >= 11 is 0. The number of amides is 1. The number of anilines is 2. The van der Waals surface area contributed by atoms with Crippen molar-refractivity contribution in [3.8, 4) is 28.8 Å². The molecule has 0 spiro atoms. The molecule has 4 aromatic rings. The van der Waals surface area contributed by atoms with Gasteiger partial charge in [-0.3, -0.25) is 14.4 Å². The Kier molecular flexibility index (Phi) is 9.77. The van der Waals surface area contributed by atoms with Crippen molar-refractivity contribution < 1.29 is 18.7 Å². The number of aromatic nitrogens is 4. The molecular formula is C35H39FN8O3. The molecule has 2 aliphatic rings. The maximum Gasteiger partial charge on any atom is 0.256 e. The zero-order valence-electron chi connectivity index (χ0n) is 26.9. The Hall–Kier alpha value is -4.83. The third kappa shape index (κ3) is 7.44. The molecule has 0 saturated carbocycles. The summed E-state index contributed by atoms with van der Waals surface area (Å²) in [5, 5.41) is 7.75. The van der Waals surface area contributed by atoms with Gasteiger partial charge in [0.25, 0.3) is 5.88 Å². The first kappa shape index (κ1) is 32.1. The van der Waals surface area contributed by atoms with E-state index < -0.39 is 5.91 Å². The van der Waals surface area contributed by atoms with Gasteiger partial charge in [0.15, 0.2) is 0 Å². The Bertz CT molecular complexity index is 1800. The van der Waals surface area contributed by atoms with Gasteiger partial charge >= 0.3 is 0 Å². The van der Waals surface area contributed by atoms with E-state index in [0.29, 0.717) is 65.1 Å². The van der Waals surface area contributed by atoms with E-state index in [1.807, 2.05) is 23.9 Å². The van der Waals surface area contributed by atoms with Crippen molar-refractivity contribution in [2.24, 2.45) is 5.73 Å². The van der Waals surface area contributed by atoms with E-state index in [1.54, 1.807) is 37.7 Å². The van der Waals surface area contributed by atoms with E-state index in [0.717, 1.165) is 44.6 Å². The van der Waals surface area contributed by atoms with Crippen molar-refractivity contribution in [3.05, 3.63) is 82.6 Å². The second-order valence-electron chi connectivity index (χ2n) is 12.0. The van der Waals surface area contributed by atoms with Crippen LogP contribution in [0.15, 0.2) is 48.9 Å². The molecule has 2 fully saturated rings. The predicted molar refractivity (Wildman–Crippen MR) is 177 cm³/mol. The molecule has 2 aliphatic heterocycles. The van der Waals surface area contributed by atoms with Gasteiger partial charge in [0.05, 0.1) is 24.9 Å². The van der Waals surface area contributed by atoms with Crippen LogP contribution in [0, 0.1) is 24.6 Å². The number of nitrogens with one attached hydrogen (secondary N) is 1. The Morgan fingerprint density at radius 2 is 1.85 bits per heavy atom. The van der Waals surface area contributed by atoms with Crippen LogP contribution in [0.4, 0.5) is 16.0 Å². The van der Waals surface area contributed by atoms with Crippen LogP contribution in [-0.4, -0.2) is 89.0 Å². The molecule has 1 amide bonds. The molecule has 3 N–H and O–H groups in total. The van der Waals surface area contributed by atoms with Crippen LogP contribution < -0.4 is 15.8 Å². The van der Waals surface area contributed by atoms with Crippen LogP contribution in [0.25, 0.3) is 11.1 Å². The van der Waals surface area contributed by atoms with E-state index in [4.69, 9.17) is 15.2 Å². The minimum atomic E-state index is -0.612. The molecule has 11 nitrogen and oxygen atoms in total. The average molecular weight is 639 g/mol. The smallest absolute Gasteiger partial charge is 0.256 e. The second kappa shape index (κ2) is 14.3. The lowest BCUT2D eigenvalue weighted by molar-refractivity contribution is 0.0659. The minimum Gasteiger partial charge on any atom is -0.478 e. The van der Waals surface area contributed by atoms with Crippen LogP contribution in [0.1, 0.15) is 51.5 Å². The molecule has 0 atom stereocenters. The number of carbonyl (C=O) groups is 1. The number of likely N-dealkylation sites (N-methyl/N-ethyl adjacent to an activating group) is 1. The van der Waals surface area contributed by atoms with Crippen LogP contribution in [0.5, 0.6) is 5.88 Å². The lowest BCUT2D eigenvalue weighted by Crippen LogP contribution is -2.44. The highest BCUT2D eigenvalue weighted by Crippen LogP contribution is 2.32. The normalized spacial score (nSPS) is 16.0. The number of carbonyl (C=O) groups excluding carboxylic acids is 1. The summed E-state index contributed by atoms with van der Waals surface area (Å²) in [4.78, 5) is 25.9. The predicted octanol–water partition coefficient (Wildman–Crippen LogP) is 4.14. The highest BCUT2D eigenvalue weighted by Gasteiger charge is 2.21. The van der Waals surface area contributed by atoms with E-state index in [1.165, 1.54) is 6.07 Å². The van der Waals surface area contributed by atoms with Gasteiger partial charge in [-0.1, -0.05) is 30.0 Å². The molecule has 244 valence electrons. The maximum absolute atomic E-state index is 15.5. The summed E-state index contributed by atoms with van der Waals surface area (Å²) in [5.74, 6) is 6.16. The monoisotopic (exact) mass is 638 g/mol. The number of aryl methyl sites for hydroxylation is 1. The Morgan fingerprint density at radius 1 is 1.11 bits per heavy atom. The zero-order valence-corrected chi connectivity index (χ0v) is 26.9. The minimum absolute atomic E-state index is 0.240. The first-order valence-electron chi connectivity index (χ1n) is 15.7. The van der Waals surface area contributed by atoms with Crippen molar-refractivity contribution in [1.82, 2.24) is 29.5 Å². The number of nitrogens with zero attached hydrogens (tertiary/aromatic N) is 6. The summed E-state index contributed by atoms with van der Waals surface area (Å²) in [6.45, 7) is 7.51. The van der Waals surface area contributed by atoms with Crippen LogP contribution in [0.2, 0.25) is 0 Å². The second-order valence-corrected chi connectivity index (χ2v) is 12.0. The van der Waals surface area contributed by atoms with Gasteiger partial charge in [-0.15, -0.1) is 5.10 Å². The van der Waals surface area contributed by atoms with Gasteiger partial charge < -0.3 is 25.4 Å². The maximum atomic E-state index is 15.5. The molecule has 2 aromatic heterocycles. The number of methoxy groups -OCH3 is 1. The molecule has 0 radical (unpaired) electrons. The van der Waals surface area contributed by atoms with Crippen molar-refractivity contribution in [2.45, 2.75) is 32.4 Å². The van der Waals surface area contributed by atoms with Crippen molar-refractivity contribution in [2.75, 3.05) is 58.9 Å². The molecule has 2 aromatic carbocycles.